The van der Waals surface area contributed by atoms with Gasteiger partial charge in [-0.3, -0.25) is 9.69 Å². The molecule has 1 aromatic heterocycles. The maximum atomic E-state index is 12.3. The van der Waals surface area contributed by atoms with Crippen LogP contribution in [0.2, 0.25) is 0 Å². The molecule has 7 heteroatoms. The summed E-state index contributed by atoms with van der Waals surface area (Å²) >= 11 is 0. The fourth-order valence-corrected chi connectivity index (χ4v) is 4.64. The Morgan fingerprint density at radius 1 is 1.08 bits per heavy atom. The second-order valence-corrected chi connectivity index (χ2v) is 8.79. The highest BCUT2D eigenvalue weighted by atomic mass is 35.5. The molecule has 6 nitrogen and oxygen atoms in total. The van der Waals surface area contributed by atoms with Gasteiger partial charge in [0.25, 0.3) is 0 Å². The second-order valence-electron chi connectivity index (χ2n) is 8.79. The first-order valence-electron chi connectivity index (χ1n) is 11.9. The fraction of sp³-hybridized carbons (Fsp3) is 0.241. The van der Waals surface area contributed by atoms with Gasteiger partial charge < -0.3 is 14.3 Å². The SMILES string of the molecule is Cc1oc(-c2ccccc2)nc1CCOc1ccc2c(c1)C(C(=O)O)N(Cc1ccccc1)CC2.Cl. The van der Waals surface area contributed by atoms with E-state index in [4.69, 9.17) is 9.15 Å². The number of hydrogen-bond acceptors (Lipinski definition) is 5. The van der Waals surface area contributed by atoms with E-state index in [1.807, 2.05) is 90.7 Å². The minimum absolute atomic E-state index is 0. The van der Waals surface area contributed by atoms with Crippen molar-refractivity contribution < 1.29 is 19.1 Å². The third-order valence-electron chi connectivity index (χ3n) is 6.43. The topological polar surface area (TPSA) is 75.8 Å². The Balaban J connectivity index is 0.00000304. The van der Waals surface area contributed by atoms with E-state index in [-0.39, 0.29) is 12.4 Å². The van der Waals surface area contributed by atoms with Gasteiger partial charge in [0.1, 0.15) is 17.6 Å². The lowest BCUT2D eigenvalue weighted by atomic mass is 9.92. The van der Waals surface area contributed by atoms with Crippen molar-refractivity contribution in [2.75, 3.05) is 13.2 Å². The number of aryl methyl sites for hydroxylation is 1. The quantitative estimate of drug-likeness (QED) is 0.323. The number of carboxylic acids is 1. The molecule has 0 saturated carbocycles. The summed E-state index contributed by atoms with van der Waals surface area (Å²) in [7, 11) is 0. The molecule has 0 amide bonds. The number of rotatable bonds is 8. The first kappa shape index (κ1) is 25.5. The van der Waals surface area contributed by atoms with E-state index in [9.17, 15) is 9.90 Å². The van der Waals surface area contributed by atoms with Crippen LogP contribution in [0.5, 0.6) is 5.75 Å². The molecule has 5 rings (SSSR count). The number of fused-ring (bicyclic) bond motifs is 1. The minimum Gasteiger partial charge on any atom is -0.493 e. The van der Waals surface area contributed by atoms with E-state index < -0.39 is 12.0 Å². The summed E-state index contributed by atoms with van der Waals surface area (Å²) < 4.78 is 11.9. The molecule has 0 radical (unpaired) electrons. The molecule has 0 saturated heterocycles. The third kappa shape index (κ3) is 5.61. The van der Waals surface area contributed by atoms with Crippen LogP contribution in [-0.2, 0) is 24.2 Å². The average Bonchev–Trinajstić information content (AvgIpc) is 3.25. The Kier molecular flexibility index (Phi) is 8.08. The molecular weight excluding hydrogens is 476 g/mol. The molecule has 0 aliphatic carbocycles. The lowest BCUT2D eigenvalue weighted by Crippen LogP contribution is -2.39. The van der Waals surface area contributed by atoms with Crippen LogP contribution in [-0.4, -0.2) is 34.1 Å². The first-order valence-corrected chi connectivity index (χ1v) is 11.9. The van der Waals surface area contributed by atoms with Crippen molar-refractivity contribution >= 4 is 18.4 Å². The number of carboxylic acid groups (broad SMARTS) is 1. The van der Waals surface area contributed by atoms with E-state index in [0.717, 1.165) is 40.1 Å². The summed E-state index contributed by atoms with van der Waals surface area (Å²) in [6.45, 7) is 3.63. The molecule has 3 aromatic carbocycles. The zero-order valence-corrected chi connectivity index (χ0v) is 20.9. The Labute approximate surface area is 217 Å². The molecule has 1 N–H and O–H groups in total. The number of aliphatic carboxylic acids is 1. The van der Waals surface area contributed by atoms with E-state index in [0.29, 0.717) is 37.8 Å². The van der Waals surface area contributed by atoms with E-state index in [1.165, 1.54) is 0 Å². The van der Waals surface area contributed by atoms with Crippen LogP contribution < -0.4 is 4.74 Å². The lowest BCUT2D eigenvalue weighted by Gasteiger charge is -2.35. The molecule has 0 bridgehead atoms. The minimum atomic E-state index is -0.842. The molecule has 36 heavy (non-hydrogen) atoms. The Morgan fingerprint density at radius 2 is 1.81 bits per heavy atom. The van der Waals surface area contributed by atoms with Crippen molar-refractivity contribution in [2.45, 2.75) is 32.4 Å². The van der Waals surface area contributed by atoms with Gasteiger partial charge in [-0.05, 0) is 54.3 Å². The highest BCUT2D eigenvalue weighted by molar-refractivity contribution is 5.85. The van der Waals surface area contributed by atoms with Crippen LogP contribution in [0.3, 0.4) is 0 Å². The third-order valence-corrected chi connectivity index (χ3v) is 6.43. The molecule has 186 valence electrons. The molecule has 1 aliphatic rings. The summed E-state index contributed by atoms with van der Waals surface area (Å²) in [5, 5.41) is 10.1. The summed E-state index contributed by atoms with van der Waals surface area (Å²) in [5.74, 6) is 1.21. The number of carbonyl (C=O) groups is 1. The van der Waals surface area contributed by atoms with Crippen molar-refractivity contribution in [1.29, 1.82) is 0 Å². The zero-order valence-electron chi connectivity index (χ0n) is 20.1. The van der Waals surface area contributed by atoms with Gasteiger partial charge >= 0.3 is 5.97 Å². The molecule has 2 heterocycles. The summed E-state index contributed by atoms with van der Waals surface area (Å²) in [6, 6.07) is 24.9. The predicted octanol–water partition coefficient (Wildman–Crippen LogP) is 5.88. The number of benzene rings is 3. The maximum Gasteiger partial charge on any atom is 0.325 e. The molecule has 1 atom stereocenters. The normalized spacial score (nSPS) is 15.1. The van der Waals surface area contributed by atoms with Crippen molar-refractivity contribution in [3.63, 3.8) is 0 Å². The molecule has 4 aromatic rings. The Morgan fingerprint density at radius 3 is 2.53 bits per heavy atom. The molecule has 1 aliphatic heterocycles. The lowest BCUT2D eigenvalue weighted by molar-refractivity contribution is -0.144. The van der Waals surface area contributed by atoms with Crippen LogP contribution in [0.1, 0.15) is 34.2 Å². The Hall–Kier alpha value is -3.61. The molecule has 0 spiro atoms. The van der Waals surface area contributed by atoms with Crippen molar-refractivity contribution in [3.05, 3.63) is 107 Å². The fourth-order valence-electron chi connectivity index (χ4n) is 4.64. The first-order chi connectivity index (χ1) is 17.1. The summed E-state index contributed by atoms with van der Waals surface area (Å²) in [6.07, 6.45) is 1.41. The number of aromatic nitrogens is 1. The molecule has 1 unspecified atom stereocenters. The van der Waals surface area contributed by atoms with Gasteiger partial charge in [0.15, 0.2) is 0 Å². The Bertz CT molecular complexity index is 1310. The van der Waals surface area contributed by atoms with Gasteiger partial charge in [-0.1, -0.05) is 54.6 Å². The maximum absolute atomic E-state index is 12.3. The second kappa shape index (κ2) is 11.4. The summed E-state index contributed by atoms with van der Waals surface area (Å²) in [5.41, 5.74) is 4.78. The van der Waals surface area contributed by atoms with Crippen LogP contribution >= 0.6 is 12.4 Å². The van der Waals surface area contributed by atoms with E-state index >= 15 is 0 Å². The predicted molar refractivity (Wildman–Crippen MR) is 140 cm³/mol. The van der Waals surface area contributed by atoms with Crippen molar-refractivity contribution in [1.82, 2.24) is 9.88 Å². The van der Waals surface area contributed by atoms with Crippen LogP contribution in [0, 0.1) is 6.92 Å². The smallest absolute Gasteiger partial charge is 0.325 e. The van der Waals surface area contributed by atoms with Crippen molar-refractivity contribution in [2.24, 2.45) is 0 Å². The highest BCUT2D eigenvalue weighted by Crippen LogP contribution is 2.34. The van der Waals surface area contributed by atoms with Crippen LogP contribution in [0.15, 0.2) is 83.3 Å². The van der Waals surface area contributed by atoms with Crippen LogP contribution in [0.25, 0.3) is 11.5 Å². The van der Waals surface area contributed by atoms with Gasteiger partial charge in [-0.25, -0.2) is 4.98 Å². The van der Waals surface area contributed by atoms with Crippen LogP contribution in [0.4, 0.5) is 0 Å². The van der Waals surface area contributed by atoms with Crippen molar-refractivity contribution in [3.8, 4) is 17.2 Å². The summed E-state index contributed by atoms with van der Waals surface area (Å²) in [4.78, 5) is 18.9. The van der Waals surface area contributed by atoms with E-state index in [2.05, 4.69) is 4.98 Å². The number of ether oxygens (including phenoxy) is 1. The average molecular weight is 505 g/mol. The standard InChI is InChI=1S/C29H28N2O4.ClH/c1-20-26(30-28(35-20)23-10-6-3-7-11-23)15-17-34-24-13-12-22-14-16-31(19-21-8-4-2-5-9-21)27(29(32)33)25(22)18-24;/h2-13,18,27H,14-17,19H2,1H3,(H,32,33);1H. The van der Waals surface area contributed by atoms with Gasteiger partial charge in [0.2, 0.25) is 5.89 Å². The largest absolute Gasteiger partial charge is 0.493 e. The van der Waals surface area contributed by atoms with Gasteiger partial charge in [0.05, 0.1) is 12.3 Å². The zero-order chi connectivity index (χ0) is 24.2. The highest BCUT2D eigenvalue weighted by Gasteiger charge is 2.33. The number of nitrogens with zero attached hydrogens (tertiary/aromatic N) is 2. The number of halogens is 1. The van der Waals surface area contributed by atoms with Gasteiger partial charge in [-0.15, -0.1) is 12.4 Å². The van der Waals surface area contributed by atoms with E-state index in [1.54, 1.807) is 0 Å². The monoisotopic (exact) mass is 504 g/mol. The van der Waals surface area contributed by atoms with Gasteiger partial charge in [0, 0.05) is 25.1 Å². The molecular formula is C29H29ClN2O4. The van der Waals surface area contributed by atoms with Gasteiger partial charge in [-0.2, -0.15) is 0 Å². The number of oxazole rings is 1. The molecule has 0 fully saturated rings. The number of hydrogen-bond donors (Lipinski definition) is 1.